The monoisotopic (exact) mass is 270 g/mol. The van der Waals surface area contributed by atoms with Crippen molar-refractivity contribution < 1.29 is 14.1 Å². The number of para-hydroxylation sites is 1. The summed E-state index contributed by atoms with van der Waals surface area (Å²) in [5, 5.41) is 13.6. The fourth-order valence-corrected chi connectivity index (χ4v) is 1.59. The molecule has 0 bridgehead atoms. The lowest BCUT2D eigenvalue weighted by atomic mass is 10.2. The van der Waals surface area contributed by atoms with E-state index in [1.165, 1.54) is 12.1 Å². The molecule has 0 spiro atoms. The molecule has 0 saturated heterocycles. The number of ether oxygens (including phenoxy) is 1. The number of nitro benzene ring substituents is 1. The molecule has 0 atom stereocenters. The lowest BCUT2D eigenvalue weighted by Crippen LogP contribution is -2.08. The highest BCUT2D eigenvalue weighted by molar-refractivity contribution is 5.61. The largest absolute Gasteiger partial charge is 0.381 e. The van der Waals surface area contributed by atoms with Crippen LogP contribution < -0.4 is 5.32 Å². The van der Waals surface area contributed by atoms with Gasteiger partial charge < -0.3 is 10.1 Å². The van der Waals surface area contributed by atoms with E-state index in [-0.39, 0.29) is 5.69 Å². The summed E-state index contributed by atoms with van der Waals surface area (Å²) in [6, 6.07) is 4.03. The van der Waals surface area contributed by atoms with Crippen LogP contribution in [0.1, 0.15) is 26.2 Å². The molecule has 106 valence electrons. The molecular weight excluding hydrogens is 251 g/mol. The second kappa shape index (κ2) is 8.42. The first-order valence-corrected chi connectivity index (χ1v) is 6.41. The quantitative estimate of drug-likeness (QED) is 0.424. The minimum Gasteiger partial charge on any atom is -0.381 e. The maximum Gasteiger partial charge on any atom is 0.327 e. The van der Waals surface area contributed by atoms with E-state index in [4.69, 9.17) is 4.74 Å². The predicted octanol–water partition coefficient (Wildman–Crippen LogP) is 3.35. The molecular formula is C13H19FN2O3. The van der Waals surface area contributed by atoms with Crippen LogP contribution in [0.4, 0.5) is 15.8 Å². The minimum absolute atomic E-state index is 0.207. The number of benzene rings is 1. The van der Waals surface area contributed by atoms with E-state index >= 15 is 0 Å². The highest BCUT2D eigenvalue weighted by Gasteiger charge is 2.18. The summed E-state index contributed by atoms with van der Waals surface area (Å²) < 4.78 is 18.7. The van der Waals surface area contributed by atoms with Gasteiger partial charge in [0.05, 0.1) is 4.92 Å². The number of rotatable bonds is 9. The van der Waals surface area contributed by atoms with Gasteiger partial charge in [-0.15, -0.1) is 0 Å². The molecule has 5 nitrogen and oxygen atoms in total. The summed E-state index contributed by atoms with van der Waals surface area (Å²) in [5.74, 6) is -0.825. The number of halogens is 1. The number of anilines is 1. The van der Waals surface area contributed by atoms with Crippen molar-refractivity contribution in [3.05, 3.63) is 34.1 Å². The molecule has 1 aromatic rings. The third-order valence-electron chi connectivity index (χ3n) is 2.59. The third-order valence-corrected chi connectivity index (χ3v) is 2.59. The van der Waals surface area contributed by atoms with Gasteiger partial charge in [-0.25, -0.2) is 0 Å². The molecule has 0 aliphatic rings. The van der Waals surface area contributed by atoms with Crippen LogP contribution in [0, 0.1) is 15.9 Å². The summed E-state index contributed by atoms with van der Waals surface area (Å²) in [4.78, 5) is 10.0. The number of nitrogens with one attached hydrogen (secondary N) is 1. The van der Waals surface area contributed by atoms with Crippen LogP contribution in [-0.4, -0.2) is 24.7 Å². The van der Waals surface area contributed by atoms with E-state index in [0.29, 0.717) is 13.2 Å². The van der Waals surface area contributed by atoms with E-state index in [0.717, 1.165) is 31.9 Å². The molecule has 0 fully saturated rings. The van der Waals surface area contributed by atoms with Crippen LogP contribution >= 0.6 is 0 Å². The topological polar surface area (TPSA) is 64.4 Å². The molecule has 0 amide bonds. The van der Waals surface area contributed by atoms with Crippen LogP contribution in [0.25, 0.3) is 0 Å². The second-order valence-electron chi connectivity index (χ2n) is 4.14. The Morgan fingerprint density at radius 2 is 2.11 bits per heavy atom. The molecule has 1 rings (SSSR count). The van der Waals surface area contributed by atoms with Crippen LogP contribution in [0.2, 0.25) is 0 Å². The van der Waals surface area contributed by atoms with Gasteiger partial charge in [-0.3, -0.25) is 10.1 Å². The van der Waals surface area contributed by atoms with Crippen molar-refractivity contribution in [2.24, 2.45) is 0 Å². The first-order chi connectivity index (χ1) is 9.16. The Morgan fingerprint density at radius 1 is 1.37 bits per heavy atom. The molecule has 0 radical (unpaired) electrons. The highest BCUT2D eigenvalue weighted by atomic mass is 19.1. The molecule has 0 unspecified atom stereocenters. The number of nitrogens with zero attached hydrogens (tertiary/aromatic N) is 1. The van der Waals surface area contributed by atoms with Gasteiger partial charge in [-0.05, 0) is 25.0 Å². The first-order valence-electron chi connectivity index (χ1n) is 6.41. The van der Waals surface area contributed by atoms with E-state index in [2.05, 4.69) is 12.2 Å². The molecule has 19 heavy (non-hydrogen) atoms. The Balaban J connectivity index is 2.37. The van der Waals surface area contributed by atoms with Crippen molar-refractivity contribution in [2.75, 3.05) is 25.1 Å². The van der Waals surface area contributed by atoms with Crippen LogP contribution in [0.5, 0.6) is 0 Å². The average Bonchev–Trinajstić information content (AvgIpc) is 2.37. The van der Waals surface area contributed by atoms with E-state index in [1.54, 1.807) is 0 Å². The van der Waals surface area contributed by atoms with Gasteiger partial charge in [0.25, 0.3) is 0 Å². The molecule has 0 aromatic heterocycles. The Morgan fingerprint density at radius 3 is 2.79 bits per heavy atom. The van der Waals surface area contributed by atoms with E-state index in [9.17, 15) is 14.5 Å². The Hall–Kier alpha value is -1.69. The lowest BCUT2D eigenvalue weighted by Gasteiger charge is -2.07. The molecule has 1 N–H and O–H groups in total. The fourth-order valence-electron chi connectivity index (χ4n) is 1.59. The zero-order valence-electron chi connectivity index (χ0n) is 11.0. The lowest BCUT2D eigenvalue weighted by molar-refractivity contribution is -0.386. The second-order valence-corrected chi connectivity index (χ2v) is 4.14. The number of hydrogen-bond acceptors (Lipinski definition) is 4. The van der Waals surface area contributed by atoms with Gasteiger partial charge in [-0.2, -0.15) is 4.39 Å². The van der Waals surface area contributed by atoms with Crippen molar-refractivity contribution in [1.82, 2.24) is 0 Å². The number of unbranched alkanes of at least 4 members (excludes halogenated alkanes) is 1. The molecule has 0 aliphatic carbocycles. The summed E-state index contributed by atoms with van der Waals surface area (Å²) >= 11 is 0. The van der Waals surface area contributed by atoms with Crippen molar-refractivity contribution >= 4 is 11.4 Å². The minimum atomic E-state index is -0.825. The fraction of sp³-hybridized carbons (Fsp3) is 0.538. The molecule has 1 aromatic carbocycles. The zero-order chi connectivity index (χ0) is 14.1. The van der Waals surface area contributed by atoms with Gasteiger partial charge in [0.15, 0.2) is 0 Å². The van der Waals surface area contributed by atoms with Gasteiger partial charge >= 0.3 is 5.69 Å². The van der Waals surface area contributed by atoms with Crippen LogP contribution in [0.3, 0.4) is 0 Å². The smallest absolute Gasteiger partial charge is 0.327 e. The van der Waals surface area contributed by atoms with Gasteiger partial charge in [0, 0.05) is 19.8 Å². The van der Waals surface area contributed by atoms with Crippen molar-refractivity contribution in [3.8, 4) is 0 Å². The third kappa shape index (κ3) is 5.21. The van der Waals surface area contributed by atoms with Gasteiger partial charge in [0.1, 0.15) is 5.69 Å². The van der Waals surface area contributed by atoms with E-state index < -0.39 is 16.4 Å². The summed E-state index contributed by atoms with van der Waals surface area (Å²) in [5.41, 5.74) is -0.298. The highest BCUT2D eigenvalue weighted by Crippen LogP contribution is 2.26. The Bertz CT molecular complexity index is 413. The average molecular weight is 270 g/mol. The zero-order valence-corrected chi connectivity index (χ0v) is 11.0. The predicted molar refractivity (Wildman–Crippen MR) is 71.9 cm³/mol. The summed E-state index contributed by atoms with van der Waals surface area (Å²) in [6.07, 6.45) is 2.84. The Labute approximate surface area is 111 Å². The standard InChI is InChI=1S/C13H19FN2O3/c1-2-3-9-19-10-5-8-15-12-7-4-6-11(14)13(12)16(17)18/h4,6-7,15H,2-3,5,8-10H2,1H3. The Kier molecular flexibility index (Phi) is 6.81. The summed E-state index contributed by atoms with van der Waals surface area (Å²) in [6.45, 7) is 3.93. The maximum atomic E-state index is 13.3. The van der Waals surface area contributed by atoms with Gasteiger partial charge in [-0.1, -0.05) is 19.4 Å². The van der Waals surface area contributed by atoms with E-state index in [1.807, 2.05) is 0 Å². The normalized spacial score (nSPS) is 10.4. The first kappa shape index (κ1) is 15.4. The van der Waals surface area contributed by atoms with Crippen LogP contribution in [-0.2, 0) is 4.74 Å². The molecule has 0 saturated carbocycles. The molecule has 0 aliphatic heterocycles. The number of hydrogen-bond donors (Lipinski definition) is 1. The molecule has 6 heteroatoms. The van der Waals surface area contributed by atoms with Crippen LogP contribution in [0.15, 0.2) is 18.2 Å². The maximum absolute atomic E-state index is 13.3. The summed E-state index contributed by atoms with van der Waals surface area (Å²) in [7, 11) is 0. The SMILES string of the molecule is CCCCOCCCNc1cccc(F)c1[N+](=O)[O-]. The van der Waals surface area contributed by atoms with Crippen molar-refractivity contribution in [3.63, 3.8) is 0 Å². The van der Waals surface area contributed by atoms with Crippen molar-refractivity contribution in [2.45, 2.75) is 26.2 Å². The number of nitro groups is 1. The van der Waals surface area contributed by atoms with Crippen molar-refractivity contribution in [1.29, 1.82) is 0 Å². The molecule has 0 heterocycles. The van der Waals surface area contributed by atoms with Gasteiger partial charge in [0.2, 0.25) is 5.82 Å².